The van der Waals surface area contributed by atoms with Crippen molar-refractivity contribution in [2.45, 2.75) is 76.7 Å². The number of rotatable bonds is 17. The van der Waals surface area contributed by atoms with Crippen LogP contribution in [0.25, 0.3) is 0 Å². The molecule has 0 heterocycles. The van der Waals surface area contributed by atoms with Crippen molar-refractivity contribution in [2.24, 2.45) is 0 Å². The van der Waals surface area contributed by atoms with E-state index in [0.717, 1.165) is 25.9 Å². The molecule has 0 aliphatic carbocycles. The molecule has 4 heteroatoms. The van der Waals surface area contributed by atoms with Gasteiger partial charge >= 0.3 is 0 Å². The Morgan fingerprint density at radius 1 is 0.692 bits per heavy atom. The Bertz CT molecular complexity index is 412. The molecule has 0 unspecified atom stereocenters. The Balaban J connectivity index is 1.83. The lowest BCUT2D eigenvalue weighted by Gasteiger charge is -2.28. The summed E-state index contributed by atoms with van der Waals surface area (Å²) in [6, 6.07) is 10.6. The lowest BCUT2D eigenvalue weighted by molar-refractivity contribution is -0.355. The van der Waals surface area contributed by atoms with Crippen LogP contribution in [0.3, 0.4) is 0 Å². The molecule has 0 aliphatic heterocycles. The van der Waals surface area contributed by atoms with Crippen LogP contribution in [-0.4, -0.2) is 33.8 Å². The standard InChI is InChI=1S/C22H39NO3/c1-24-22(25-2,26-3)18-14-9-7-5-4-6-8-10-15-19-23-20-21-16-12-11-13-17-21/h11-13,16-17,23H,4-10,14-15,18-20H2,1-3H3. The number of nitrogens with one attached hydrogen (secondary N) is 1. The van der Waals surface area contributed by atoms with Gasteiger partial charge in [-0.1, -0.05) is 75.3 Å². The van der Waals surface area contributed by atoms with E-state index in [0.29, 0.717) is 0 Å². The summed E-state index contributed by atoms with van der Waals surface area (Å²) < 4.78 is 15.9. The van der Waals surface area contributed by atoms with Crippen molar-refractivity contribution in [3.63, 3.8) is 0 Å². The summed E-state index contributed by atoms with van der Waals surface area (Å²) in [6.45, 7) is 2.10. The van der Waals surface area contributed by atoms with Gasteiger partial charge in [0.25, 0.3) is 5.97 Å². The minimum Gasteiger partial charge on any atom is -0.331 e. The molecule has 1 rings (SSSR count). The summed E-state index contributed by atoms with van der Waals surface area (Å²) in [4.78, 5) is 0. The highest BCUT2D eigenvalue weighted by molar-refractivity contribution is 5.14. The van der Waals surface area contributed by atoms with Crippen molar-refractivity contribution in [1.82, 2.24) is 5.32 Å². The van der Waals surface area contributed by atoms with Crippen LogP contribution < -0.4 is 5.32 Å². The predicted molar refractivity (Wildman–Crippen MR) is 108 cm³/mol. The van der Waals surface area contributed by atoms with Crippen LogP contribution in [0, 0.1) is 0 Å². The molecule has 0 bridgehead atoms. The monoisotopic (exact) mass is 365 g/mol. The molecule has 0 saturated heterocycles. The Labute approximate surface area is 160 Å². The van der Waals surface area contributed by atoms with E-state index in [-0.39, 0.29) is 0 Å². The van der Waals surface area contributed by atoms with E-state index < -0.39 is 5.97 Å². The summed E-state index contributed by atoms with van der Waals surface area (Å²) in [5.74, 6) is -0.853. The lowest BCUT2D eigenvalue weighted by Crippen LogP contribution is -2.35. The van der Waals surface area contributed by atoms with Gasteiger partial charge in [-0.15, -0.1) is 0 Å². The molecule has 0 aliphatic rings. The second kappa shape index (κ2) is 15.2. The fourth-order valence-electron chi connectivity index (χ4n) is 3.21. The first-order valence-electron chi connectivity index (χ1n) is 10.2. The summed E-state index contributed by atoms with van der Waals surface area (Å²) in [5.41, 5.74) is 1.37. The quantitative estimate of drug-likeness (QED) is 0.301. The zero-order chi connectivity index (χ0) is 18.9. The third-order valence-corrected chi connectivity index (χ3v) is 4.94. The Morgan fingerprint density at radius 2 is 1.19 bits per heavy atom. The number of benzene rings is 1. The average Bonchev–Trinajstić information content (AvgIpc) is 2.70. The third kappa shape index (κ3) is 10.3. The van der Waals surface area contributed by atoms with Crippen LogP contribution in [0.5, 0.6) is 0 Å². The highest BCUT2D eigenvalue weighted by Gasteiger charge is 2.28. The molecule has 0 atom stereocenters. The van der Waals surface area contributed by atoms with Crippen molar-refractivity contribution in [2.75, 3.05) is 27.9 Å². The average molecular weight is 366 g/mol. The molecule has 4 nitrogen and oxygen atoms in total. The lowest BCUT2D eigenvalue weighted by atomic mass is 10.1. The first kappa shape index (κ1) is 23.1. The molecule has 0 saturated carbocycles. The van der Waals surface area contributed by atoms with Gasteiger partial charge in [-0.3, -0.25) is 0 Å². The molecule has 1 aromatic carbocycles. The van der Waals surface area contributed by atoms with Gasteiger partial charge in [-0.25, -0.2) is 0 Å². The molecule has 0 amide bonds. The zero-order valence-electron chi connectivity index (χ0n) is 17.1. The highest BCUT2D eigenvalue weighted by Crippen LogP contribution is 2.21. The smallest absolute Gasteiger partial charge is 0.282 e. The van der Waals surface area contributed by atoms with E-state index in [2.05, 4.69) is 35.6 Å². The normalized spacial score (nSPS) is 11.8. The van der Waals surface area contributed by atoms with Gasteiger partial charge < -0.3 is 19.5 Å². The Hall–Kier alpha value is -0.940. The molecule has 0 fully saturated rings. The molecule has 150 valence electrons. The van der Waals surface area contributed by atoms with Gasteiger partial charge in [-0.05, 0) is 24.9 Å². The van der Waals surface area contributed by atoms with Crippen LogP contribution in [-0.2, 0) is 20.8 Å². The van der Waals surface area contributed by atoms with Gasteiger partial charge in [0.15, 0.2) is 0 Å². The van der Waals surface area contributed by atoms with E-state index in [9.17, 15) is 0 Å². The molecule has 0 aromatic heterocycles. The second-order valence-electron chi connectivity index (χ2n) is 6.89. The van der Waals surface area contributed by atoms with E-state index in [1.807, 2.05) is 0 Å². The first-order chi connectivity index (χ1) is 12.8. The van der Waals surface area contributed by atoms with Crippen molar-refractivity contribution in [3.8, 4) is 0 Å². The van der Waals surface area contributed by atoms with Gasteiger partial charge in [-0.2, -0.15) is 0 Å². The molecule has 0 spiro atoms. The maximum Gasteiger partial charge on any atom is 0.282 e. The van der Waals surface area contributed by atoms with Crippen LogP contribution in [0.1, 0.15) is 69.8 Å². The number of methoxy groups -OCH3 is 3. The molecule has 26 heavy (non-hydrogen) atoms. The fourth-order valence-corrected chi connectivity index (χ4v) is 3.21. The van der Waals surface area contributed by atoms with E-state index in [4.69, 9.17) is 14.2 Å². The molecular formula is C22H39NO3. The highest BCUT2D eigenvalue weighted by atomic mass is 16.9. The van der Waals surface area contributed by atoms with E-state index in [1.165, 1.54) is 56.9 Å². The number of unbranched alkanes of at least 4 members (excludes halogenated alkanes) is 8. The largest absolute Gasteiger partial charge is 0.331 e. The Kier molecular flexibility index (Phi) is 13.5. The van der Waals surface area contributed by atoms with Gasteiger partial charge in [0.1, 0.15) is 0 Å². The first-order valence-corrected chi connectivity index (χ1v) is 10.2. The van der Waals surface area contributed by atoms with Crippen LogP contribution in [0.15, 0.2) is 30.3 Å². The zero-order valence-corrected chi connectivity index (χ0v) is 17.1. The van der Waals surface area contributed by atoms with Gasteiger partial charge in [0.2, 0.25) is 0 Å². The molecule has 1 aromatic rings. The van der Waals surface area contributed by atoms with Gasteiger partial charge in [0.05, 0.1) is 0 Å². The van der Waals surface area contributed by atoms with Crippen molar-refractivity contribution < 1.29 is 14.2 Å². The van der Waals surface area contributed by atoms with Crippen molar-refractivity contribution in [1.29, 1.82) is 0 Å². The predicted octanol–water partition coefficient (Wildman–Crippen LogP) is 5.27. The molecule has 0 radical (unpaired) electrons. The second-order valence-corrected chi connectivity index (χ2v) is 6.89. The van der Waals surface area contributed by atoms with Crippen LogP contribution in [0.4, 0.5) is 0 Å². The van der Waals surface area contributed by atoms with E-state index in [1.54, 1.807) is 21.3 Å². The molecule has 1 N–H and O–H groups in total. The maximum absolute atomic E-state index is 5.31. The van der Waals surface area contributed by atoms with Gasteiger partial charge in [0, 0.05) is 34.3 Å². The SMILES string of the molecule is COC(CCCCCCCCCCCNCc1ccccc1)(OC)OC. The summed E-state index contributed by atoms with van der Waals surface area (Å²) in [7, 11) is 4.89. The number of ether oxygens (including phenoxy) is 3. The summed E-state index contributed by atoms with van der Waals surface area (Å²) in [6.07, 6.45) is 12.3. The summed E-state index contributed by atoms with van der Waals surface area (Å²) >= 11 is 0. The number of hydrogen-bond acceptors (Lipinski definition) is 4. The fraction of sp³-hybridized carbons (Fsp3) is 0.727. The number of hydrogen-bond donors (Lipinski definition) is 1. The minimum absolute atomic E-state index is 0.784. The van der Waals surface area contributed by atoms with Crippen LogP contribution >= 0.6 is 0 Å². The topological polar surface area (TPSA) is 39.7 Å². The van der Waals surface area contributed by atoms with Crippen molar-refractivity contribution in [3.05, 3.63) is 35.9 Å². The maximum atomic E-state index is 5.31. The molecular weight excluding hydrogens is 326 g/mol. The third-order valence-electron chi connectivity index (χ3n) is 4.94. The Morgan fingerprint density at radius 3 is 1.73 bits per heavy atom. The van der Waals surface area contributed by atoms with Crippen molar-refractivity contribution >= 4 is 0 Å². The minimum atomic E-state index is -0.853. The van der Waals surface area contributed by atoms with Crippen LogP contribution in [0.2, 0.25) is 0 Å². The van der Waals surface area contributed by atoms with E-state index >= 15 is 0 Å². The summed E-state index contributed by atoms with van der Waals surface area (Å²) in [5, 5.41) is 3.52.